The number of hydrogen-bond acceptors (Lipinski definition) is 4. The van der Waals surface area contributed by atoms with Gasteiger partial charge in [0.15, 0.2) is 0 Å². The van der Waals surface area contributed by atoms with Crippen LogP contribution in [0.25, 0.3) is 0 Å². The van der Waals surface area contributed by atoms with Gasteiger partial charge in [0, 0.05) is 17.0 Å². The van der Waals surface area contributed by atoms with Crippen LogP contribution in [0.5, 0.6) is 0 Å². The molecule has 1 heterocycles. The van der Waals surface area contributed by atoms with E-state index in [-0.39, 0.29) is 19.1 Å². The van der Waals surface area contributed by atoms with Gasteiger partial charge in [-0.05, 0) is 42.3 Å². The number of hydrogen-bond donors (Lipinski definition) is 2. The molecule has 2 aromatic carbocycles. The van der Waals surface area contributed by atoms with E-state index >= 15 is 0 Å². The maximum atomic E-state index is 12.6. The van der Waals surface area contributed by atoms with Gasteiger partial charge in [0.25, 0.3) is 5.91 Å². The van der Waals surface area contributed by atoms with E-state index in [0.29, 0.717) is 10.0 Å². The van der Waals surface area contributed by atoms with Crippen LogP contribution in [0.3, 0.4) is 0 Å². The van der Waals surface area contributed by atoms with Gasteiger partial charge in [-0.1, -0.05) is 53.5 Å². The first-order valence-electron chi connectivity index (χ1n) is 9.81. The molecule has 2 aromatic rings. The largest absolute Gasteiger partial charge is 0.361 e. The van der Waals surface area contributed by atoms with Crippen LogP contribution in [0, 0.1) is 0 Å². The monoisotopic (exact) mass is 477 g/mol. The topological polar surface area (TPSA) is 87.7 Å². The summed E-state index contributed by atoms with van der Waals surface area (Å²) in [5.74, 6) is -1.29. The van der Waals surface area contributed by atoms with E-state index in [1.807, 2.05) is 13.0 Å². The number of benzene rings is 2. The molecule has 0 aliphatic carbocycles. The normalized spacial score (nSPS) is 17.6. The highest BCUT2D eigenvalue weighted by atomic mass is 35.5. The number of amides is 3. The number of rotatable bonds is 4. The first kappa shape index (κ1) is 25.4. The molecule has 170 valence electrons. The van der Waals surface area contributed by atoms with Crippen molar-refractivity contribution in [3.8, 4) is 0 Å². The number of halogens is 2. The minimum Gasteiger partial charge on any atom is -0.361 e. The number of allylic oxidation sites excluding steroid dienone is 1. The minimum atomic E-state index is -0.588. The molecule has 32 heavy (non-hydrogen) atoms. The van der Waals surface area contributed by atoms with E-state index in [4.69, 9.17) is 27.9 Å². The Hall–Kier alpha value is -2.87. The lowest BCUT2D eigenvalue weighted by atomic mass is 9.92. The van der Waals surface area contributed by atoms with Crippen LogP contribution in [0.4, 0.5) is 0 Å². The number of nitrogens with zero attached hydrogens (tertiary/aromatic N) is 1. The van der Waals surface area contributed by atoms with Gasteiger partial charge in [0.1, 0.15) is 19.3 Å². The lowest BCUT2D eigenvalue weighted by molar-refractivity contribution is -0.161. The third-order valence-corrected chi connectivity index (χ3v) is 4.90. The maximum Gasteiger partial charge on any atom is 0.258 e. The van der Waals surface area contributed by atoms with Crippen LogP contribution in [-0.4, -0.2) is 35.8 Å². The summed E-state index contributed by atoms with van der Waals surface area (Å²) < 4.78 is 5.85. The second-order valence-electron chi connectivity index (χ2n) is 6.94. The molecular formula is C23H25Cl2N3O4. The molecule has 3 rings (SSSR count). The van der Waals surface area contributed by atoms with E-state index in [0.717, 1.165) is 11.1 Å². The van der Waals surface area contributed by atoms with Crippen LogP contribution < -0.4 is 10.9 Å². The van der Waals surface area contributed by atoms with Crippen molar-refractivity contribution in [3.63, 3.8) is 0 Å². The maximum absolute atomic E-state index is 12.6. The zero-order valence-corrected chi connectivity index (χ0v) is 19.3. The van der Waals surface area contributed by atoms with Crippen molar-refractivity contribution < 1.29 is 19.1 Å². The summed E-state index contributed by atoms with van der Waals surface area (Å²) in [5.41, 5.74) is 6.02. The van der Waals surface area contributed by atoms with E-state index in [1.54, 1.807) is 48.5 Å². The summed E-state index contributed by atoms with van der Waals surface area (Å²) >= 11 is 12.2. The van der Waals surface area contributed by atoms with Crippen molar-refractivity contribution in [1.82, 2.24) is 15.8 Å². The zero-order valence-electron chi connectivity index (χ0n) is 17.8. The summed E-state index contributed by atoms with van der Waals surface area (Å²) in [6.07, 6.45) is 1.21. The first-order valence-corrected chi connectivity index (χ1v) is 10.6. The minimum absolute atomic E-state index is 0.186. The predicted molar refractivity (Wildman–Crippen MR) is 124 cm³/mol. The molecule has 0 spiro atoms. The molecule has 2 unspecified atom stereocenters. The Bertz CT molecular complexity index is 966. The molecule has 7 nitrogen and oxygen atoms in total. The van der Waals surface area contributed by atoms with Gasteiger partial charge in [-0.25, -0.2) is 0 Å². The molecule has 2 atom stereocenters. The number of ether oxygens (including phenoxy) is 1. The first-order chi connectivity index (χ1) is 15.3. The van der Waals surface area contributed by atoms with Crippen LogP contribution in [-0.2, 0) is 19.1 Å². The average Bonchev–Trinajstić information content (AvgIpc) is 2.75. The van der Waals surface area contributed by atoms with Crippen molar-refractivity contribution in [3.05, 3.63) is 82.4 Å². The number of morpholine rings is 1. The molecular weight excluding hydrogens is 453 g/mol. The Morgan fingerprint density at radius 2 is 1.78 bits per heavy atom. The number of carbonyl (C=O) groups is 3. The van der Waals surface area contributed by atoms with E-state index in [2.05, 4.69) is 17.4 Å². The van der Waals surface area contributed by atoms with Gasteiger partial charge in [-0.15, -0.1) is 6.58 Å². The summed E-state index contributed by atoms with van der Waals surface area (Å²) in [6, 6.07) is 13.6. The molecule has 2 N–H and O–H groups in total. The van der Waals surface area contributed by atoms with Crippen LogP contribution >= 0.6 is 23.2 Å². The fourth-order valence-corrected chi connectivity index (χ4v) is 3.49. The van der Waals surface area contributed by atoms with Gasteiger partial charge >= 0.3 is 0 Å². The number of nitrogens with one attached hydrogen (secondary N) is 2. The molecule has 0 aromatic heterocycles. The van der Waals surface area contributed by atoms with Crippen molar-refractivity contribution >= 4 is 40.9 Å². The Morgan fingerprint density at radius 3 is 2.38 bits per heavy atom. The number of hydrazine groups is 1. The van der Waals surface area contributed by atoms with Gasteiger partial charge in [0.05, 0.1) is 6.04 Å². The Balaban J connectivity index is 0.00000114. The summed E-state index contributed by atoms with van der Waals surface area (Å²) in [6.45, 7) is 6.08. The lowest BCUT2D eigenvalue weighted by Gasteiger charge is -2.41. The third-order valence-electron chi connectivity index (χ3n) is 4.41. The fourth-order valence-electron chi connectivity index (χ4n) is 3.17. The van der Waals surface area contributed by atoms with Gasteiger partial charge in [-0.2, -0.15) is 0 Å². The third kappa shape index (κ3) is 7.09. The van der Waals surface area contributed by atoms with Crippen LogP contribution in [0.1, 0.15) is 37.1 Å². The molecule has 1 saturated heterocycles. The highest BCUT2D eigenvalue weighted by Gasteiger charge is 2.39. The second kappa shape index (κ2) is 12.2. The van der Waals surface area contributed by atoms with Crippen LogP contribution in [0.2, 0.25) is 10.0 Å². The summed E-state index contributed by atoms with van der Waals surface area (Å²) in [4.78, 5) is 37.4. The summed E-state index contributed by atoms with van der Waals surface area (Å²) in [7, 11) is 0. The molecule has 0 saturated carbocycles. The average molecular weight is 478 g/mol. The molecule has 3 amide bonds. The Morgan fingerprint density at radius 1 is 1.12 bits per heavy atom. The Labute approximate surface area is 197 Å². The molecule has 1 aliphatic heterocycles. The standard InChI is InChI=1S/C20H19Cl2N3O4.C3H6/c1-12(26)23-24-17(27)10-25-18(28)11-29-20(14-3-2-4-16(22)9-14)19(25)13-5-7-15(21)8-6-13;1-3-2/h2-9,19-20H,10-11H2,1H3,(H,23,26)(H,24,27);3H,1H2,2H3. The van der Waals surface area contributed by atoms with E-state index in [9.17, 15) is 14.4 Å². The lowest BCUT2D eigenvalue weighted by Crippen LogP contribution is -2.52. The number of carbonyl (C=O) groups excluding carboxylic acids is 3. The van der Waals surface area contributed by atoms with Crippen molar-refractivity contribution in [2.75, 3.05) is 13.2 Å². The van der Waals surface area contributed by atoms with Gasteiger partial charge in [-0.3, -0.25) is 25.2 Å². The molecule has 1 fully saturated rings. The Kier molecular flexibility index (Phi) is 9.71. The molecule has 0 radical (unpaired) electrons. The SMILES string of the molecule is C=CC.CC(=O)NNC(=O)CN1C(=O)COC(c2cccc(Cl)c2)C1c1ccc(Cl)cc1. The quantitative estimate of drug-likeness (QED) is 0.514. The van der Waals surface area contributed by atoms with E-state index in [1.165, 1.54) is 11.8 Å². The second-order valence-corrected chi connectivity index (χ2v) is 7.82. The van der Waals surface area contributed by atoms with Crippen molar-refractivity contribution in [2.24, 2.45) is 0 Å². The van der Waals surface area contributed by atoms with Gasteiger partial charge < -0.3 is 9.64 Å². The molecule has 1 aliphatic rings. The van der Waals surface area contributed by atoms with E-state index < -0.39 is 24.0 Å². The van der Waals surface area contributed by atoms with Crippen LogP contribution in [0.15, 0.2) is 61.2 Å². The summed E-state index contributed by atoms with van der Waals surface area (Å²) in [5, 5.41) is 1.08. The molecule has 0 bridgehead atoms. The zero-order chi connectivity index (χ0) is 23.7. The predicted octanol–water partition coefficient (Wildman–Crippen LogP) is 3.99. The highest BCUT2D eigenvalue weighted by molar-refractivity contribution is 6.30. The fraction of sp³-hybridized carbons (Fsp3) is 0.261. The molecule has 9 heteroatoms. The van der Waals surface area contributed by atoms with Crippen molar-refractivity contribution in [1.29, 1.82) is 0 Å². The van der Waals surface area contributed by atoms with Gasteiger partial charge in [0.2, 0.25) is 11.8 Å². The van der Waals surface area contributed by atoms with Crippen molar-refractivity contribution in [2.45, 2.75) is 26.0 Å². The smallest absolute Gasteiger partial charge is 0.258 e. The highest BCUT2D eigenvalue weighted by Crippen LogP contribution is 2.40.